The number of carbonyl (C=O) groups excluding carboxylic acids is 3. The largest absolute Gasteiger partial charge is 0.485 e. The van der Waals surface area contributed by atoms with E-state index in [2.05, 4.69) is 0 Å². The quantitative estimate of drug-likeness (QED) is 0.651. The summed E-state index contributed by atoms with van der Waals surface area (Å²) in [7, 11) is 0. The van der Waals surface area contributed by atoms with Gasteiger partial charge in [-0.3, -0.25) is 14.4 Å². The predicted molar refractivity (Wildman–Crippen MR) is 130 cm³/mol. The first-order valence-electron chi connectivity index (χ1n) is 12.0. The monoisotopic (exact) mass is 497 g/mol. The minimum Gasteiger partial charge on any atom is -0.485 e. The van der Waals surface area contributed by atoms with Crippen molar-refractivity contribution in [3.8, 4) is 11.5 Å². The summed E-state index contributed by atoms with van der Waals surface area (Å²) in [5.41, 5.74) is 0.575. The van der Waals surface area contributed by atoms with Crippen molar-refractivity contribution in [2.45, 2.75) is 18.9 Å². The molecule has 2 fully saturated rings. The molecule has 3 heterocycles. The van der Waals surface area contributed by atoms with E-state index < -0.39 is 6.10 Å². The van der Waals surface area contributed by atoms with Crippen LogP contribution in [0.4, 0.5) is 0 Å². The first-order valence-corrected chi connectivity index (χ1v) is 12.4. The number of fused-ring (bicyclic) bond motifs is 1. The molecule has 0 aliphatic carbocycles. The van der Waals surface area contributed by atoms with Gasteiger partial charge in [-0.2, -0.15) is 0 Å². The van der Waals surface area contributed by atoms with Gasteiger partial charge in [0.2, 0.25) is 12.0 Å². The van der Waals surface area contributed by atoms with Crippen molar-refractivity contribution in [1.29, 1.82) is 0 Å². The summed E-state index contributed by atoms with van der Waals surface area (Å²) in [5.74, 6) is 0.838. The summed E-state index contributed by atoms with van der Waals surface area (Å²) in [6, 6.07) is 14.1. The van der Waals surface area contributed by atoms with Crippen LogP contribution in [-0.4, -0.2) is 84.4 Å². The van der Waals surface area contributed by atoms with Gasteiger partial charge in [0.05, 0.1) is 5.92 Å². The Morgan fingerprint density at radius 2 is 1.46 bits per heavy atom. The van der Waals surface area contributed by atoms with Crippen LogP contribution < -0.4 is 9.47 Å². The number of likely N-dealkylation sites (tertiary alicyclic amines) is 1. The highest BCUT2D eigenvalue weighted by Crippen LogP contribution is 2.31. The summed E-state index contributed by atoms with van der Waals surface area (Å²) in [6.07, 6.45) is 0.863. The number of para-hydroxylation sites is 2. The maximum absolute atomic E-state index is 13.2. The molecule has 3 aliphatic heterocycles. The normalized spacial score (nSPS) is 22.0. The fourth-order valence-electron chi connectivity index (χ4n) is 4.89. The SMILES string of the molecule is O=C(c1ccc(Cl)cc1)N1CCC[C@H](C(=O)N2CCN(C(=O)[C@@H]3COc4ccccc4O3)CC2)C1. The zero-order valence-electron chi connectivity index (χ0n) is 19.4. The van der Waals surface area contributed by atoms with Crippen molar-refractivity contribution < 1.29 is 23.9 Å². The standard InChI is InChI=1S/C26H28ClN3O5/c27-20-9-7-18(8-10-20)24(31)30-11-3-4-19(16-30)25(32)28-12-14-29(15-13-28)26(33)23-17-34-21-5-1-2-6-22(21)35-23/h1-2,5-10,19,23H,3-4,11-17H2/t19-,23-/m0/s1. The summed E-state index contributed by atoms with van der Waals surface area (Å²) in [5, 5.41) is 0.582. The van der Waals surface area contributed by atoms with Crippen molar-refractivity contribution >= 4 is 29.3 Å². The number of amides is 3. The molecule has 3 amide bonds. The second-order valence-electron chi connectivity index (χ2n) is 9.11. The molecule has 2 saturated heterocycles. The number of rotatable bonds is 3. The lowest BCUT2D eigenvalue weighted by Crippen LogP contribution is -2.56. The number of piperidine rings is 1. The lowest BCUT2D eigenvalue weighted by atomic mass is 9.95. The van der Waals surface area contributed by atoms with E-state index in [1.54, 1.807) is 40.1 Å². The topological polar surface area (TPSA) is 79.4 Å². The van der Waals surface area contributed by atoms with E-state index >= 15 is 0 Å². The van der Waals surface area contributed by atoms with Gasteiger partial charge in [-0.25, -0.2) is 0 Å². The lowest BCUT2D eigenvalue weighted by molar-refractivity contribution is -0.148. The molecular formula is C26H28ClN3O5. The average molecular weight is 498 g/mol. The van der Waals surface area contributed by atoms with Crippen LogP contribution in [0.3, 0.4) is 0 Å². The first kappa shape index (κ1) is 23.5. The minimum atomic E-state index is -0.682. The summed E-state index contributed by atoms with van der Waals surface area (Å²) in [4.78, 5) is 44.4. The first-order chi connectivity index (χ1) is 17.0. The van der Waals surface area contributed by atoms with Gasteiger partial charge in [-0.1, -0.05) is 23.7 Å². The molecule has 35 heavy (non-hydrogen) atoms. The lowest BCUT2D eigenvalue weighted by Gasteiger charge is -2.40. The van der Waals surface area contributed by atoms with Gasteiger partial charge in [-0.05, 0) is 49.2 Å². The maximum atomic E-state index is 13.2. The van der Waals surface area contributed by atoms with E-state index in [1.165, 1.54) is 0 Å². The highest BCUT2D eigenvalue weighted by atomic mass is 35.5. The summed E-state index contributed by atoms with van der Waals surface area (Å²) < 4.78 is 11.5. The van der Waals surface area contributed by atoms with Gasteiger partial charge in [0.25, 0.3) is 11.8 Å². The van der Waals surface area contributed by atoms with E-state index in [1.807, 2.05) is 23.1 Å². The smallest absolute Gasteiger partial charge is 0.267 e. The summed E-state index contributed by atoms with van der Waals surface area (Å²) >= 11 is 5.93. The number of hydrogen-bond donors (Lipinski definition) is 0. The zero-order valence-corrected chi connectivity index (χ0v) is 20.2. The predicted octanol–water partition coefficient (Wildman–Crippen LogP) is 2.70. The maximum Gasteiger partial charge on any atom is 0.267 e. The summed E-state index contributed by atoms with van der Waals surface area (Å²) in [6.45, 7) is 3.06. The Bertz CT molecular complexity index is 1100. The Balaban J connectivity index is 1.14. The van der Waals surface area contributed by atoms with Crippen molar-refractivity contribution in [2.75, 3.05) is 45.9 Å². The minimum absolute atomic E-state index is 0.0527. The van der Waals surface area contributed by atoms with Crippen LogP contribution in [0.1, 0.15) is 23.2 Å². The van der Waals surface area contributed by atoms with E-state index in [0.717, 1.165) is 12.8 Å². The Hall–Kier alpha value is -3.26. The van der Waals surface area contributed by atoms with Crippen LogP contribution in [0.5, 0.6) is 11.5 Å². The molecule has 0 spiro atoms. The third kappa shape index (κ3) is 5.07. The molecule has 3 aliphatic rings. The number of nitrogens with zero attached hydrogens (tertiary/aromatic N) is 3. The molecule has 0 bridgehead atoms. The number of benzene rings is 2. The molecule has 8 nitrogen and oxygen atoms in total. The van der Waals surface area contributed by atoms with Crippen LogP contribution >= 0.6 is 11.6 Å². The second-order valence-corrected chi connectivity index (χ2v) is 9.55. The van der Waals surface area contributed by atoms with Gasteiger partial charge >= 0.3 is 0 Å². The fourth-order valence-corrected chi connectivity index (χ4v) is 5.01. The fraction of sp³-hybridized carbons (Fsp3) is 0.423. The highest BCUT2D eigenvalue weighted by molar-refractivity contribution is 6.30. The van der Waals surface area contributed by atoms with E-state index in [4.69, 9.17) is 21.1 Å². The van der Waals surface area contributed by atoms with Crippen LogP contribution in [0, 0.1) is 5.92 Å². The molecule has 2 aromatic rings. The molecule has 0 unspecified atom stereocenters. The van der Waals surface area contributed by atoms with Crippen molar-refractivity contribution in [3.05, 3.63) is 59.1 Å². The van der Waals surface area contributed by atoms with Crippen LogP contribution in [0.15, 0.2) is 48.5 Å². The molecule has 2 aromatic carbocycles. The Labute approximate surface area is 209 Å². The Morgan fingerprint density at radius 1 is 0.800 bits per heavy atom. The molecule has 0 radical (unpaired) electrons. The number of hydrogen-bond acceptors (Lipinski definition) is 5. The molecule has 0 N–H and O–H groups in total. The third-order valence-corrected chi connectivity index (χ3v) is 7.09. The van der Waals surface area contributed by atoms with Crippen LogP contribution in [0.2, 0.25) is 5.02 Å². The van der Waals surface area contributed by atoms with Crippen LogP contribution in [-0.2, 0) is 9.59 Å². The third-order valence-electron chi connectivity index (χ3n) is 6.84. The van der Waals surface area contributed by atoms with Gasteiger partial charge < -0.3 is 24.2 Å². The van der Waals surface area contributed by atoms with Gasteiger partial charge in [0.15, 0.2) is 11.5 Å². The van der Waals surface area contributed by atoms with Gasteiger partial charge in [-0.15, -0.1) is 0 Å². The molecule has 0 aromatic heterocycles. The Morgan fingerprint density at radius 3 is 2.17 bits per heavy atom. The Kier molecular flexibility index (Phi) is 6.81. The van der Waals surface area contributed by atoms with E-state index in [0.29, 0.717) is 61.4 Å². The number of carbonyl (C=O) groups is 3. The van der Waals surface area contributed by atoms with Gasteiger partial charge in [0, 0.05) is 49.9 Å². The van der Waals surface area contributed by atoms with Gasteiger partial charge in [0.1, 0.15) is 6.61 Å². The molecule has 5 rings (SSSR count). The van der Waals surface area contributed by atoms with E-state index in [-0.39, 0.29) is 30.2 Å². The van der Waals surface area contributed by atoms with E-state index in [9.17, 15) is 14.4 Å². The number of halogens is 1. The second kappa shape index (κ2) is 10.2. The zero-order chi connectivity index (χ0) is 24.4. The molecular weight excluding hydrogens is 470 g/mol. The molecule has 9 heteroatoms. The molecule has 184 valence electrons. The van der Waals surface area contributed by atoms with Crippen molar-refractivity contribution in [2.24, 2.45) is 5.92 Å². The molecule has 2 atom stereocenters. The average Bonchev–Trinajstić information content (AvgIpc) is 2.92. The highest BCUT2D eigenvalue weighted by Gasteiger charge is 2.36. The van der Waals surface area contributed by atoms with Crippen LogP contribution in [0.25, 0.3) is 0 Å². The molecule has 0 saturated carbocycles. The number of ether oxygens (including phenoxy) is 2. The number of piperazine rings is 1. The van der Waals surface area contributed by atoms with Crippen molar-refractivity contribution in [1.82, 2.24) is 14.7 Å². The van der Waals surface area contributed by atoms with Crippen molar-refractivity contribution in [3.63, 3.8) is 0 Å².